The van der Waals surface area contributed by atoms with Crippen molar-refractivity contribution < 1.29 is 14.7 Å². The van der Waals surface area contributed by atoms with Crippen LogP contribution in [-0.4, -0.2) is 39.6 Å². The van der Waals surface area contributed by atoms with Crippen LogP contribution in [-0.2, 0) is 9.59 Å². The Kier molecular flexibility index (Phi) is 4.20. The molecule has 5 heteroatoms. The van der Waals surface area contributed by atoms with E-state index in [0.717, 1.165) is 6.42 Å². The van der Waals surface area contributed by atoms with Crippen molar-refractivity contribution in [3.05, 3.63) is 11.6 Å². The van der Waals surface area contributed by atoms with Gasteiger partial charge in [0.05, 0.1) is 5.88 Å². The summed E-state index contributed by atoms with van der Waals surface area (Å²) in [6.45, 7) is 3.68. The molecule has 15 heavy (non-hydrogen) atoms. The summed E-state index contributed by atoms with van der Waals surface area (Å²) in [6.07, 6.45) is 2.61. The maximum atomic E-state index is 11.8. The van der Waals surface area contributed by atoms with Gasteiger partial charge < -0.3 is 10.0 Å². The monoisotopic (exact) mass is 229 g/mol. The molecule has 1 aliphatic heterocycles. The summed E-state index contributed by atoms with van der Waals surface area (Å²) in [7, 11) is 0. The molecule has 1 aliphatic rings. The zero-order valence-corrected chi connectivity index (χ0v) is 9.71. The first kappa shape index (κ1) is 12.1. The molecule has 1 atom stereocenters. The Bertz CT molecular complexity index is 301. The average molecular weight is 229 g/mol. The molecule has 1 fully saturated rings. The van der Waals surface area contributed by atoms with Gasteiger partial charge in [0.2, 0.25) is 0 Å². The number of carbonyl (C=O) groups is 2. The number of rotatable bonds is 3. The zero-order valence-electron chi connectivity index (χ0n) is 8.90. The van der Waals surface area contributed by atoms with Crippen molar-refractivity contribution in [2.24, 2.45) is 0 Å². The average Bonchev–Trinajstić information content (AvgIpc) is 2.65. The minimum atomic E-state index is -0.919. The van der Waals surface area contributed by atoms with E-state index >= 15 is 0 Å². The Hall–Kier alpha value is -0.970. The molecule has 0 aliphatic carbocycles. The molecule has 1 rings (SSSR count). The number of thioether (sulfide) groups is 1. The summed E-state index contributed by atoms with van der Waals surface area (Å²) >= 11 is 1.48. The maximum Gasteiger partial charge on any atom is 0.327 e. The number of hydrogen-bond donors (Lipinski definition) is 1. The Labute approximate surface area is 93.3 Å². The van der Waals surface area contributed by atoms with Crippen molar-refractivity contribution >= 4 is 23.6 Å². The Morgan fingerprint density at radius 1 is 1.60 bits per heavy atom. The lowest BCUT2D eigenvalue weighted by Gasteiger charge is -2.20. The molecule has 1 saturated heterocycles. The van der Waals surface area contributed by atoms with Gasteiger partial charge >= 0.3 is 5.97 Å². The molecule has 0 aromatic rings. The molecule has 0 aromatic carbocycles. The van der Waals surface area contributed by atoms with Crippen LogP contribution in [0, 0.1) is 0 Å². The third-order valence-electron chi connectivity index (χ3n) is 2.28. The zero-order chi connectivity index (χ0) is 11.4. The smallest absolute Gasteiger partial charge is 0.327 e. The number of carbonyl (C=O) groups excluding carboxylic acids is 1. The molecule has 0 spiro atoms. The molecule has 0 radical (unpaired) electrons. The number of aliphatic carboxylic acids is 1. The highest BCUT2D eigenvalue weighted by atomic mass is 32.2. The molecule has 0 aromatic heterocycles. The fourth-order valence-electron chi connectivity index (χ4n) is 1.47. The van der Waals surface area contributed by atoms with Crippen LogP contribution in [0.15, 0.2) is 11.6 Å². The summed E-state index contributed by atoms with van der Waals surface area (Å²) in [5.41, 5.74) is 0.631. The third-order valence-corrected chi connectivity index (χ3v) is 3.29. The van der Waals surface area contributed by atoms with Gasteiger partial charge in [0.1, 0.15) is 6.04 Å². The SMILES string of the molecule is CC/C=C(\C)C(=O)N1CSCC1C(=O)O. The molecule has 0 bridgehead atoms. The van der Waals surface area contributed by atoms with E-state index in [1.54, 1.807) is 6.92 Å². The summed E-state index contributed by atoms with van der Waals surface area (Å²) in [5, 5.41) is 8.92. The van der Waals surface area contributed by atoms with E-state index in [4.69, 9.17) is 5.11 Å². The van der Waals surface area contributed by atoms with Crippen molar-refractivity contribution in [3.8, 4) is 0 Å². The summed E-state index contributed by atoms with van der Waals surface area (Å²) in [5.74, 6) is -0.113. The predicted octanol–water partition coefficient (Wildman–Crippen LogP) is 1.33. The second kappa shape index (κ2) is 5.21. The number of nitrogens with zero attached hydrogens (tertiary/aromatic N) is 1. The summed E-state index contributed by atoms with van der Waals surface area (Å²) in [4.78, 5) is 24.1. The standard InChI is InChI=1S/C10H15NO3S/c1-3-4-7(2)9(12)11-6-15-5-8(11)10(13)14/h4,8H,3,5-6H2,1-2H3,(H,13,14)/b7-4+. The van der Waals surface area contributed by atoms with Crippen molar-refractivity contribution in [3.63, 3.8) is 0 Å². The first-order valence-electron chi connectivity index (χ1n) is 4.86. The summed E-state index contributed by atoms with van der Waals surface area (Å²) in [6, 6.07) is -0.664. The Morgan fingerprint density at radius 2 is 2.27 bits per heavy atom. The number of amides is 1. The lowest BCUT2D eigenvalue weighted by molar-refractivity contribution is -0.146. The first-order valence-corrected chi connectivity index (χ1v) is 6.01. The van der Waals surface area contributed by atoms with Crippen molar-refractivity contribution in [2.75, 3.05) is 11.6 Å². The van der Waals surface area contributed by atoms with E-state index in [1.165, 1.54) is 16.7 Å². The van der Waals surface area contributed by atoms with Crippen LogP contribution in [0.4, 0.5) is 0 Å². The van der Waals surface area contributed by atoms with Gasteiger partial charge in [-0.1, -0.05) is 13.0 Å². The minimum absolute atomic E-state index is 0.158. The predicted molar refractivity (Wildman–Crippen MR) is 59.6 cm³/mol. The highest BCUT2D eigenvalue weighted by molar-refractivity contribution is 7.99. The second-order valence-electron chi connectivity index (χ2n) is 3.42. The van der Waals surface area contributed by atoms with E-state index in [0.29, 0.717) is 17.2 Å². The number of allylic oxidation sites excluding steroid dienone is 1. The Morgan fingerprint density at radius 3 is 2.80 bits per heavy atom. The van der Waals surface area contributed by atoms with Gasteiger partial charge in [-0.3, -0.25) is 4.79 Å². The van der Waals surface area contributed by atoms with E-state index in [2.05, 4.69) is 0 Å². The number of carboxylic acid groups (broad SMARTS) is 1. The van der Waals surface area contributed by atoms with E-state index in [9.17, 15) is 9.59 Å². The topological polar surface area (TPSA) is 57.6 Å². The van der Waals surface area contributed by atoms with Crippen LogP contribution >= 0.6 is 11.8 Å². The fraction of sp³-hybridized carbons (Fsp3) is 0.600. The minimum Gasteiger partial charge on any atom is -0.480 e. The van der Waals surface area contributed by atoms with Crippen molar-refractivity contribution in [2.45, 2.75) is 26.3 Å². The molecule has 1 N–H and O–H groups in total. The molecule has 84 valence electrons. The van der Waals surface area contributed by atoms with Crippen LogP contribution in [0.2, 0.25) is 0 Å². The van der Waals surface area contributed by atoms with Crippen molar-refractivity contribution in [1.29, 1.82) is 0 Å². The molecular weight excluding hydrogens is 214 g/mol. The van der Waals surface area contributed by atoms with Crippen molar-refractivity contribution in [1.82, 2.24) is 4.90 Å². The molecule has 1 unspecified atom stereocenters. The van der Waals surface area contributed by atoms with Gasteiger partial charge in [0.15, 0.2) is 0 Å². The van der Waals surface area contributed by atoms with Crippen LogP contribution in [0.1, 0.15) is 20.3 Å². The quantitative estimate of drug-likeness (QED) is 0.742. The van der Waals surface area contributed by atoms with Gasteiger partial charge in [0, 0.05) is 11.3 Å². The largest absolute Gasteiger partial charge is 0.480 e. The van der Waals surface area contributed by atoms with Gasteiger partial charge in [-0.25, -0.2) is 4.79 Å². The lowest BCUT2D eigenvalue weighted by atomic mass is 10.2. The lowest BCUT2D eigenvalue weighted by Crippen LogP contribution is -2.42. The van der Waals surface area contributed by atoms with Crippen LogP contribution < -0.4 is 0 Å². The molecule has 1 heterocycles. The highest BCUT2D eigenvalue weighted by Crippen LogP contribution is 2.22. The van der Waals surface area contributed by atoms with Gasteiger partial charge in [-0.05, 0) is 13.3 Å². The summed E-state index contributed by atoms with van der Waals surface area (Å²) < 4.78 is 0. The van der Waals surface area contributed by atoms with Gasteiger partial charge in [-0.15, -0.1) is 11.8 Å². The first-order chi connectivity index (χ1) is 7.07. The van der Waals surface area contributed by atoms with E-state index in [1.807, 2.05) is 13.0 Å². The van der Waals surface area contributed by atoms with Crippen LogP contribution in [0.25, 0.3) is 0 Å². The maximum absolute atomic E-state index is 11.8. The van der Waals surface area contributed by atoms with Gasteiger partial charge in [0.25, 0.3) is 5.91 Å². The molecule has 1 amide bonds. The van der Waals surface area contributed by atoms with E-state index < -0.39 is 12.0 Å². The molecular formula is C10H15NO3S. The Balaban J connectivity index is 2.75. The van der Waals surface area contributed by atoms with Gasteiger partial charge in [-0.2, -0.15) is 0 Å². The fourth-order valence-corrected chi connectivity index (χ4v) is 2.61. The third kappa shape index (κ3) is 2.75. The van der Waals surface area contributed by atoms with Crippen LogP contribution in [0.5, 0.6) is 0 Å². The molecule has 0 saturated carbocycles. The second-order valence-corrected chi connectivity index (χ2v) is 4.42. The van der Waals surface area contributed by atoms with Crippen LogP contribution in [0.3, 0.4) is 0 Å². The highest BCUT2D eigenvalue weighted by Gasteiger charge is 2.34. The normalized spacial score (nSPS) is 21.9. The molecule has 4 nitrogen and oxygen atoms in total. The number of carboxylic acids is 1. The number of hydrogen-bond acceptors (Lipinski definition) is 3. The van der Waals surface area contributed by atoms with E-state index in [-0.39, 0.29) is 5.91 Å².